The number of sulfonamides is 1. The number of halogens is 2. The minimum atomic E-state index is -3.96. The topological polar surface area (TPSA) is 92.3 Å². The van der Waals surface area contributed by atoms with Crippen molar-refractivity contribution in [2.75, 3.05) is 6.54 Å². The van der Waals surface area contributed by atoms with Gasteiger partial charge in [0.05, 0.1) is 11.4 Å². The Hall–Kier alpha value is -1.26. The summed E-state index contributed by atoms with van der Waals surface area (Å²) in [4.78, 5) is 16.6. The Balaban J connectivity index is 2.00. The molecule has 1 N–H and O–H groups in total. The van der Waals surface area contributed by atoms with Gasteiger partial charge in [0.25, 0.3) is 0 Å². The van der Waals surface area contributed by atoms with Crippen LogP contribution in [0.4, 0.5) is 0 Å². The van der Waals surface area contributed by atoms with Crippen molar-refractivity contribution < 1.29 is 13.2 Å². The molecule has 7 nitrogen and oxygen atoms in total. The molecule has 11 heteroatoms. The van der Waals surface area contributed by atoms with Crippen LogP contribution in [0.3, 0.4) is 0 Å². The zero-order valence-corrected chi connectivity index (χ0v) is 16.7. The molecule has 1 atom stereocenters. The van der Waals surface area contributed by atoms with Gasteiger partial charge in [-0.1, -0.05) is 11.6 Å². The predicted octanol–water partition coefficient (Wildman–Crippen LogP) is 2.70. The van der Waals surface area contributed by atoms with E-state index in [1.54, 1.807) is 0 Å². The molecule has 1 saturated heterocycles. The van der Waals surface area contributed by atoms with Gasteiger partial charge in [0, 0.05) is 11.6 Å². The van der Waals surface area contributed by atoms with Crippen LogP contribution in [0.25, 0.3) is 0 Å². The Morgan fingerprint density at radius 2 is 1.96 bits per heavy atom. The summed E-state index contributed by atoms with van der Waals surface area (Å²) in [6.45, 7) is 0.400. The maximum atomic E-state index is 13.2. The van der Waals surface area contributed by atoms with Crippen LogP contribution in [0.5, 0.6) is 0 Å². The molecule has 0 saturated carbocycles. The number of aromatic nitrogens is 2. The summed E-state index contributed by atoms with van der Waals surface area (Å²) in [5.74, 6) is -0.0593. The highest BCUT2D eigenvalue weighted by Crippen LogP contribution is 2.26. The summed E-state index contributed by atoms with van der Waals surface area (Å²) in [6, 6.07) is 5.00. The summed E-state index contributed by atoms with van der Waals surface area (Å²) in [6.07, 6.45) is 1.97. The summed E-state index contributed by atoms with van der Waals surface area (Å²) >= 11 is 12.6. The highest BCUT2D eigenvalue weighted by molar-refractivity contribution is 7.89. The lowest BCUT2D eigenvalue weighted by atomic mass is 10.1. The molecule has 2 aromatic rings. The molecule has 1 aromatic heterocycles. The fraction of sp³-hybridized carbons (Fsp3) is 0.400. The highest BCUT2D eigenvalue weighted by atomic mass is 35.5. The molecule has 0 radical (unpaired) electrons. The lowest BCUT2D eigenvalue weighted by Gasteiger charge is -2.28. The van der Waals surface area contributed by atoms with Gasteiger partial charge in [0.15, 0.2) is 5.82 Å². The van der Waals surface area contributed by atoms with Gasteiger partial charge in [0.1, 0.15) is 6.04 Å². The van der Waals surface area contributed by atoms with Crippen LogP contribution in [0, 0.1) is 0 Å². The SMILES string of the molecule is O=C1NCCCCC1N(Cc1nsc(Cl)n1)S(=O)(=O)c1ccc(Cl)cc1. The Morgan fingerprint density at radius 3 is 2.62 bits per heavy atom. The Bertz CT molecular complexity index is 887. The van der Waals surface area contributed by atoms with Crippen LogP contribution in [-0.2, 0) is 21.4 Å². The average molecular weight is 435 g/mol. The molecule has 0 bridgehead atoms. The van der Waals surface area contributed by atoms with E-state index >= 15 is 0 Å². The van der Waals surface area contributed by atoms with Crippen molar-refractivity contribution in [1.82, 2.24) is 19.0 Å². The maximum absolute atomic E-state index is 13.2. The number of rotatable bonds is 5. The maximum Gasteiger partial charge on any atom is 0.244 e. The van der Waals surface area contributed by atoms with Crippen molar-refractivity contribution in [3.05, 3.63) is 39.6 Å². The van der Waals surface area contributed by atoms with Gasteiger partial charge >= 0.3 is 0 Å². The van der Waals surface area contributed by atoms with E-state index in [-0.39, 0.29) is 27.6 Å². The van der Waals surface area contributed by atoms with E-state index < -0.39 is 16.1 Å². The molecule has 1 unspecified atom stereocenters. The van der Waals surface area contributed by atoms with Gasteiger partial charge in [-0.25, -0.2) is 13.4 Å². The minimum Gasteiger partial charge on any atom is -0.355 e. The summed E-state index contributed by atoms with van der Waals surface area (Å²) < 4.78 is 31.9. The number of nitrogens with zero attached hydrogens (tertiary/aromatic N) is 3. The van der Waals surface area contributed by atoms with E-state index in [2.05, 4.69) is 14.7 Å². The normalized spacial score (nSPS) is 18.6. The molecule has 1 aliphatic rings. The highest BCUT2D eigenvalue weighted by Gasteiger charge is 2.37. The number of carbonyl (C=O) groups excluding carboxylic acids is 1. The van der Waals surface area contributed by atoms with E-state index in [9.17, 15) is 13.2 Å². The van der Waals surface area contributed by atoms with E-state index in [0.29, 0.717) is 18.0 Å². The van der Waals surface area contributed by atoms with Crippen molar-refractivity contribution in [1.29, 1.82) is 0 Å². The molecule has 2 heterocycles. The third-order valence-electron chi connectivity index (χ3n) is 4.01. The van der Waals surface area contributed by atoms with E-state index in [1.807, 2.05) is 0 Å². The largest absolute Gasteiger partial charge is 0.355 e. The number of carbonyl (C=O) groups is 1. The van der Waals surface area contributed by atoms with Crippen LogP contribution in [-0.4, -0.2) is 40.6 Å². The molecule has 26 heavy (non-hydrogen) atoms. The van der Waals surface area contributed by atoms with Crippen molar-refractivity contribution in [3.8, 4) is 0 Å². The van der Waals surface area contributed by atoms with Gasteiger partial charge in [-0.2, -0.15) is 8.68 Å². The van der Waals surface area contributed by atoms with Crippen LogP contribution in [0.15, 0.2) is 29.2 Å². The van der Waals surface area contributed by atoms with Crippen molar-refractivity contribution in [2.24, 2.45) is 0 Å². The molecule has 1 amide bonds. The number of hydrogen-bond donors (Lipinski definition) is 1. The molecule has 0 spiro atoms. The molecule has 1 aliphatic heterocycles. The number of amides is 1. The Morgan fingerprint density at radius 1 is 1.23 bits per heavy atom. The lowest BCUT2D eigenvalue weighted by molar-refractivity contribution is -0.124. The molecule has 140 valence electrons. The molecule has 1 fully saturated rings. The van der Waals surface area contributed by atoms with E-state index in [4.69, 9.17) is 23.2 Å². The Labute approximate surface area is 165 Å². The average Bonchev–Trinajstić information content (AvgIpc) is 2.89. The first-order chi connectivity index (χ1) is 12.4. The van der Waals surface area contributed by atoms with Crippen LogP contribution < -0.4 is 5.32 Å². The van der Waals surface area contributed by atoms with Gasteiger partial charge in [0.2, 0.25) is 20.4 Å². The van der Waals surface area contributed by atoms with Gasteiger partial charge in [-0.15, -0.1) is 0 Å². The molecule has 1 aromatic carbocycles. The van der Waals surface area contributed by atoms with Gasteiger partial charge in [-0.05, 0) is 66.7 Å². The fourth-order valence-electron chi connectivity index (χ4n) is 2.74. The zero-order valence-electron chi connectivity index (χ0n) is 13.6. The first kappa shape index (κ1) is 19.5. The summed E-state index contributed by atoms with van der Waals surface area (Å²) in [5.41, 5.74) is 0. The second-order valence-corrected chi connectivity index (χ2v) is 9.43. The lowest BCUT2D eigenvalue weighted by Crippen LogP contribution is -2.48. The van der Waals surface area contributed by atoms with E-state index in [1.165, 1.54) is 24.3 Å². The third-order valence-corrected chi connectivity index (χ3v) is 6.97. The first-order valence-corrected chi connectivity index (χ1v) is 10.9. The summed E-state index contributed by atoms with van der Waals surface area (Å²) in [7, 11) is -3.96. The summed E-state index contributed by atoms with van der Waals surface area (Å²) in [5, 5.41) is 3.19. The van der Waals surface area contributed by atoms with Crippen molar-refractivity contribution >= 4 is 50.7 Å². The van der Waals surface area contributed by atoms with Crippen LogP contribution in [0.1, 0.15) is 25.1 Å². The molecular formula is C15H16Cl2N4O3S2. The fourth-order valence-corrected chi connectivity index (χ4v) is 5.06. The first-order valence-electron chi connectivity index (χ1n) is 7.91. The van der Waals surface area contributed by atoms with Crippen molar-refractivity contribution in [3.63, 3.8) is 0 Å². The quantitative estimate of drug-likeness (QED) is 0.780. The Kier molecular flexibility index (Phi) is 6.13. The van der Waals surface area contributed by atoms with Gasteiger partial charge < -0.3 is 5.32 Å². The smallest absolute Gasteiger partial charge is 0.244 e. The standard InChI is InChI=1S/C15H16Cl2N4O3S2/c16-10-4-6-11(7-5-10)26(23,24)21(9-13-19-15(17)25-20-13)12-3-1-2-8-18-14(12)22/h4-7,12H,1-3,8-9H2,(H,18,22). The van der Waals surface area contributed by atoms with Crippen LogP contribution >= 0.6 is 34.7 Å². The number of hydrogen-bond acceptors (Lipinski definition) is 6. The predicted molar refractivity (Wildman–Crippen MR) is 99.7 cm³/mol. The molecule has 0 aliphatic carbocycles. The van der Waals surface area contributed by atoms with Crippen LogP contribution in [0.2, 0.25) is 9.49 Å². The second-order valence-electron chi connectivity index (χ2n) is 5.77. The molecular weight excluding hydrogens is 419 g/mol. The molecule has 3 rings (SSSR count). The zero-order chi connectivity index (χ0) is 18.7. The monoisotopic (exact) mass is 434 g/mol. The van der Waals surface area contributed by atoms with E-state index in [0.717, 1.165) is 28.7 Å². The third kappa shape index (κ3) is 4.34. The number of nitrogens with one attached hydrogen (secondary N) is 1. The second kappa shape index (κ2) is 8.18. The van der Waals surface area contributed by atoms with Gasteiger partial charge in [-0.3, -0.25) is 4.79 Å². The number of benzene rings is 1. The van der Waals surface area contributed by atoms with Crippen molar-refractivity contribution in [2.45, 2.75) is 36.7 Å². The minimum absolute atomic E-state index is 0.0558.